The summed E-state index contributed by atoms with van der Waals surface area (Å²) in [6.07, 6.45) is 0.310. The lowest BCUT2D eigenvalue weighted by atomic mass is 10.1. The first-order valence-corrected chi connectivity index (χ1v) is 8.94. The molecule has 1 heterocycles. The molecular weight excluding hydrogens is 351 g/mol. The van der Waals surface area contributed by atoms with Crippen molar-refractivity contribution in [3.8, 4) is 5.75 Å². The quantitative estimate of drug-likeness (QED) is 0.769. The maximum absolute atomic E-state index is 13.8. The van der Waals surface area contributed by atoms with Gasteiger partial charge in [-0.1, -0.05) is 24.3 Å². The van der Waals surface area contributed by atoms with Crippen LogP contribution < -0.4 is 15.4 Å². The number of urea groups is 1. The average molecular weight is 372 g/mol. The predicted molar refractivity (Wildman–Crippen MR) is 95.8 cm³/mol. The minimum atomic E-state index is -0.642. The standard InChI is InChI=1S/C20H21FN2O4/c21-15-7-13(19-14(8-15)10-26-11-27-19)5-6-22-20(25)23-18-16-4-2-1-3-12(16)9-17(18)24/h1-4,7-8,17-18,24H,5-6,9-11H2,(H2,22,23,25). The molecule has 7 heteroatoms. The molecule has 27 heavy (non-hydrogen) atoms. The number of ether oxygens (including phenoxy) is 2. The lowest BCUT2D eigenvalue weighted by molar-refractivity contribution is -0.0172. The number of halogens is 1. The van der Waals surface area contributed by atoms with E-state index in [0.29, 0.717) is 42.9 Å². The van der Waals surface area contributed by atoms with Gasteiger partial charge in [-0.15, -0.1) is 0 Å². The molecule has 2 amide bonds. The summed E-state index contributed by atoms with van der Waals surface area (Å²) in [7, 11) is 0. The Morgan fingerprint density at radius 2 is 2.11 bits per heavy atom. The largest absolute Gasteiger partial charge is 0.467 e. The van der Waals surface area contributed by atoms with Crippen LogP contribution in [0.3, 0.4) is 0 Å². The highest BCUT2D eigenvalue weighted by Gasteiger charge is 2.31. The van der Waals surface area contributed by atoms with Crippen molar-refractivity contribution in [2.45, 2.75) is 31.6 Å². The van der Waals surface area contributed by atoms with Crippen molar-refractivity contribution in [3.63, 3.8) is 0 Å². The van der Waals surface area contributed by atoms with Gasteiger partial charge in [0.25, 0.3) is 0 Å². The Morgan fingerprint density at radius 1 is 1.26 bits per heavy atom. The number of aliphatic hydroxyl groups excluding tert-OH is 1. The minimum absolute atomic E-state index is 0.137. The molecule has 1 aliphatic heterocycles. The van der Waals surface area contributed by atoms with Crippen LogP contribution in [0.25, 0.3) is 0 Å². The van der Waals surface area contributed by atoms with Gasteiger partial charge < -0.3 is 25.2 Å². The van der Waals surface area contributed by atoms with E-state index in [9.17, 15) is 14.3 Å². The Labute approximate surface area is 156 Å². The van der Waals surface area contributed by atoms with Gasteiger partial charge in [0, 0.05) is 18.5 Å². The highest BCUT2D eigenvalue weighted by atomic mass is 19.1. The fourth-order valence-electron chi connectivity index (χ4n) is 3.69. The second kappa shape index (κ2) is 7.54. The number of carbonyl (C=O) groups excluding carboxylic acids is 1. The van der Waals surface area contributed by atoms with Crippen LogP contribution in [-0.4, -0.2) is 30.6 Å². The van der Waals surface area contributed by atoms with Gasteiger partial charge in [0.2, 0.25) is 0 Å². The smallest absolute Gasteiger partial charge is 0.315 e. The summed E-state index contributed by atoms with van der Waals surface area (Å²) in [6.45, 7) is 0.766. The van der Waals surface area contributed by atoms with Gasteiger partial charge in [-0.25, -0.2) is 9.18 Å². The van der Waals surface area contributed by atoms with Crippen molar-refractivity contribution in [1.29, 1.82) is 0 Å². The molecule has 0 aromatic heterocycles. The lowest BCUT2D eigenvalue weighted by Crippen LogP contribution is -2.41. The van der Waals surface area contributed by atoms with Crippen molar-refractivity contribution < 1.29 is 23.8 Å². The van der Waals surface area contributed by atoms with E-state index in [4.69, 9.17) is 9.47 Å². The first-order valence-electron chi connectivity index (χ1n) is 8.94. The second-order valence-electron chi connectivity index (χ2n) is 6.76. The number of benzene rings is 2. The topological polar surface area (TPSA) is 79.8 Å². The van der Waals surface area contributed by atoms with Crippen LogP contribution in [0.4, 0.5) is 9.18 Å². The lowest BCUT2D eigenvalue weighted by Gasteiger charge is -2.21. The molecule has 2 atom stereocenters. The van der Waals surface area contributed by atoms with Crippen LogP contribution in [0, 0.1) is 5.82 Å². The Bertz CT molecular complexity index is 858. The predicted octanol–water partition coefficient (Wildman–Crippen LogP) is 2.19. The van der Waals surface area contributed by atoms with Gasteiger partial charge in [-0.3, -0.25) is 0 Å². The van der Waals surface area contributed by atoms with E-state index in [1.54, 1.807) is 0 Å². The highest BCUT2D eigenvalue weighted by molar-refractivity contribution is 5.74. The molecular formula is C20H21FN2O4. The molecule has 2 aromatic carbocycles. The van der Waals surface area contributed by atoms with E-state index < -0.39 is 12.1 Å². The molecule has 4 rings (SSSR count). The molecule has 0 saturated heterocycles. The third kappa shape index (κ3) is 3.74. The first kappa shape index (κ1) is 17.8. The van der Waals surface area contributed by atoms with Gasteiger partial charge in [-0.2, -0.15) is 0 Å². The van der Waals surface area contributed by atoms with Gasteiger partial charge in [-0.05, 0) is 35.2 Å². The molecule has 1 aliphatic carbocycles. The number of hydrogen-bond donors (Lipinski definition) is 3. The summed E-state index contributed by atoms with van der Waals surface area (Å²) in [5.41, 5.74) is 3.35. The van der Waals surface area contributed by atoms with Crippen molar-refractivity contribution >= 4 is 6.03 Å². The first-order chi connectivity index (χ1) is 13.1. The third-order valence-electron chi connectivity index (χ3n) is 4.92. The zero-order valence-electron chi connectivity index (χ0n) is 14.7. The highest BCUT2D eigenvalue weighted by Crippen LogP contribution is 2.31. The fraction of sp³-hybridized carbons (Fsp3) is 0.350. The SMILES string of the molecule is O=C(NCCc1cc(F)cc2c1OCOC2)NC1c2ccccc2CC1O. The van der Waals surface area contributed by atoms with E-state index >= 15 is 0 Å². The minimum Gasteiger partial charge on any atom is -0.467 e. The molecule has 6 nitrogen and oxygen atoms in total. The molecule has 2 aromatic rings. The maximum atomic E-state index is 13.8. The summed E-state index contributed by atoms with van der Waals surface area (Å²) in [6, 6.07) is 9.69. The average Bonchev–Trinajstić information content (AvgIpc) is 2.97. The summed E-state index contributed by atoms with van der Waals surface area (Å²) in [5.74, 6) is 0.276. The summed E-state index contributed by atoms with van der Waals surface area (Å²) >= 11 is 0. The van der Waals surface area contributed by atoms with E-state index in [-0.39, 0.29) is 18.6 Å². The number of rotatable bonds is 4. The van der Waals surface area contributed by atoms with Crippen LogP contribution in [0.5, 0.6) is 5.75 Å². The number of aliphatic hydroxyl groups is 1. The Hall–Kier alpha value is -2.64. The van der Waals surface area contributed by atoms with Crippen LogP contribution in [0.15, 0.2) is 36.4 Å². The van der Waals surface area contributed by atoms with E-state index in [0.717, 1.165) is 11.1 Å². The Kier molecular flexibility index (Phi) is 4.96. The number of nitrogens with one attached hydrogen (secondary N) is 2. The second-order valence-corrected chi connectivity index (χ2v) is 6.76. The van der Waals surface area contributed by atoms with Crippen molar-refractivity contribution in [1.82, 2.24) is 10.6 Å². The van der Waals surface area contributed by atoms with Gasteiger partial charge >= 0.3 is 6.03 Å². The van der Waals surface area contributed by atoms with Crippen molar-refractivity contribution in [3.05, 3.63) is 64.5 Å². The monoisotopic (exact) mass is 372 g/mol. The van der Waals surface area contributed by atoms with Crippen molar-refractivity contribution in [2.24, 2.45) is 0 Å². The number of fused-ring (bicyclic) bond motifs is 2. The zero-order valence-corrected chi connectivity index (χ0v) is 14.7. The van der Waals surface area contributed by atoms with E-state index in [1.165, 1.54) is 12.1 Å². The molecule has 0 radical (unpaired) electrons. The van der Waals surface area contributed by atoms with Crippen LogP contribution in [-0.2, 0) is 24.2 Å². The molecule has 0 fully saturated rings. The number of carbonyl (C=O) groups is 1. The summed E-state index contributed by atoms with van der Waals surface area (Å²) in [5, 5.41) is 15.8. The van der Waals surface area contributed by atoms with E-state index in [2.05, 4.69) is 10.6 Å². The van der Waals surface area contributed by atoms with Gasteiger partial charge in [0.05, 0.1) is 18.8 Å². The summed E-state index contributed by atoms with van der Waals surface area (Å²) < 4.78 is 24.4. The van der Waals surface area contributed by atoms with E-state index in [1.807, 2.05) is 24.3 Å². The number of amides is 2. The Balaban J connectivity index is 1.35. The maximum Gasteiger partial charge on any atom is 0.315 e. The van der Waals surface area contributed by atoms with Crippen molar-refractivity contribution in [2.75, 3.05) is 13.3 Å². The fourth-order valence-corrected chi connectivity index (χ4v) is 3.69. The molecule has 0 bridgehead atoms. The zero-order chi connectivity index (χ0) is 18.8. The Morgan fingerprint density at radius 3 is 3.00 bits per heavy atom. The molecule has 3 N–H and O–H groups in total. The van der Waals surface area contributed by atoms with Crippen LogP contribution >= 0.6 is 0 Å². The summed E-state index contributed by atoms with van der Waals surface area (Å²) in [4.78, 5) is 12.2. The molecule has 2 unspecified atom stereocenters. The molecule has 2 aliphatic rings. The normalized spacial score (nSPS) is 20.4. The van der Waals surface area contributed by atoms with Crippen LogP contribution in [0.2, 0.25) is 0 Å². The van der Waals surface area contributed by atoms with Crippen LogP contribution in [0.1, 0.15) is 28.3 Å². The third-order valence-corrected chi connectivity index (χ3v) is 4.92. The molecule has 142 valence electrons. The van der Waals surface area contributed by atoms with Gasteiger partial charge in [0.1, 0.15) is 11.6 Å². The van der Waals surface area contributed by atoms with Gasteiger partial charge in [0.15, 0.2) is 6.79 Å². The molecule has 0 saturated carbocycles. The number of hydrogen-bond acceptors (Lipinski definition) is 4. The molecule has 0 spiro atoms.